The maximum Gasteiger partial charge on any atom is 0.347 e. The summed E-state index contributed by atoms with van der Waals surface area (Å²) in [6.07, 6.45) is 4.79. The highest BCUT2D eigenvalue weighted by Gasteiger charge is 2.42. The van der Waals surface area contributed by atoms with Crippen LogP contribution in [0.3, 0.4) is 0 Å². The summed E-state index contributed by atoms with van der Waals surface area (Å²) in [4.78, 5) is 52.1. The lowest BCUT2D eigenvalue weighted by atomic mass is 10.0. The minimum Gasteiger partial charge on any atom is -0.463 e. The minimum atomic E-state index is -0.789. The molecule has 2 aromatic rings. The largest absolute Gasteiger partial charge is 0.463 e. The number of nitrogens with one attached hydrogen (secondary N) is 1. The number of benzene rings is 1. The van der Waals surface area contributed by atoms with Crippen LogP contribution in [0.2, 0.25) is 0 Å². The van der Waals surface area contributed by atoms with Crippen LogP contribution in [0.5, 0.6) is 6.01 Å². The van der Waals surface area contributed by atoms with Crippen LogP contribution < -0.4 is 10.1 Å². The molecule has 0 bridgehead atoms. The van der Waals surface area contributed by atoms with Crippen LogP contribution in [-0.2, 0) is 14.3 Å². The Balaban J connectivity index is 1.16. The highest BCUT2D eigenvalue weighted by atomic mass is 16.6. The van der Waals surface area contributed by atoms with Crippen LogP contribution in [0.15, 0.2) is 30.3 Å². The molecule has 0 radical (unpaired) electrons. The fourth-order valence-corrected chi connectivity index (χ4v) is 7.10. The Morgan fingerprint density at radius 3 is 2.18 bits per heavy atom. The molecule has 1 N–H and O–H groups in total. The molecule has 3 heterocycles. The number of carbonyl (C=O) groups is 3. The van der Waals surface area contributed by atoms with Crippen molar-refractivity contribution in [2.24, 2.45) is 17.8 Å². The second kappa shape index (κ2) is 14.5. The van der Waals surface area contributed by atoms with E-state index in [1.54, 1.807) is 20.8 Å². The number of aryl methyl sites for hydroxylation is 2. The number of hydrogen-bond acceptors (Lipinski definition) is 8. The zero-order valence-electron chi connectivity index (χ0n) is 26.6. The number of nitrogens with zero attached hydrogens (tertiary/aromatic N) is 4. The molecule has 1 aromatic carbocycles. The summed E-state index contributed by atoms with van der Waals surface area (Å²) in [7, 11) is 0. The molecule has 10 nitrogen and oxygen atoms in total. The third-order valence-electron chi connectivity index (χ3n) is 9.46. The van der Waals surface area contributed by atoms with Crippen LogP contribution in [0, 0.1) is 31.6 Å². The van der Waals surface area contributed by atoms with E-state index >= 15 is 0 Å². The first kappa shape index (κ1) is 31.9. The average molecular weight is 606 g/mol. The van der Waals surface area contributed by atoms with Gasteiger partial charge in [-0.3, -0.25) is 9.59 Å². The number of ether oxygens (including phenoxy) is 2. The van der Waals surface area contributed by atoms with Crippen LogP contribution in [-0.4, -0.2) is 83.0 Å². The zero-order valence-corrected chi connectivity index (χ0v) is 26.6. The van der Waals surface area contributed by atoms with Gasteiger partial charge in [0.15, 0.2) is 6.10 Å². The molecule has 0 spiro atoms. The molecular formula is C34H47N5O5. The van der Waals surface area contributed by atoms with E-state index in [-0.39, 0.29) is 36.4 Å². The molecule has 1 aromatic heterocycles. The molecule has 1 aliphatic carbocycles. The van der Waals surface area contributed by atoms with E-state index in [2.05, 4.69) is 32.3 Å². The first-order valence-corrected chi connectivity index (χ1v) is 16.3. The van der Waals surface area contributed by atoms with Gasteiger partial charge in [0, 0.05) is 38.6 Å². The first-order valence-electron chi connectivity index (χ1n) is 16.3. The van der Waals surface area contributed by atoms with Crippen LogP contribution in [0.1, 0.15) is 85.7 Å². The number of hydrogen-bond donors (Lipinski definition) is 1. The molecule has 10 heteroatoms. The molecule has 2 amide bonds. The predicted molar refractivity (Wildman–Crippen MR) is 166 cm³/mol. The van der Waals surface area contributed by atoms with Gasteiger partial charge in [-0.15, -0.1) is 0 Å². The minimum absolute atomic E-state index is 0.00520. The van der Waals surface area contributed by atoms with Crippen molar-refractivity contribution in [2.45, 2.75) is 78.4 Å². The van der Waals surface area contributed by atoms with E-state index in [9.17, 15) is 14.4 Å². The lowest BCUT2D eigenvalue weighted by Gasteiger charge is -2.26. The highest BCUT2D eigenvalue weighted by Crippen LogP contribution is 2.33. The maximum atomic E-state index is 13.6. The molecule has 2 saturated heterocycles. The van der Waals surface area contributed by atoms with E-state index in [0.717, 1.165) is 57.3 Å². The second-order valence-electron chi connectivity index (χ2n) is 12.6. The smallest absolute Gasteiger partial charge is 0.347 e. The standard InChI is InChI=1S/C34H47N5O5/c1-5-29(33(42)43-6-2)44-34-35-22(3)30(23(4)36-34)32(41)39-20-26-18-38(19-27(26)21-39)17-16-28(24-12-8-7-9-13-24)37-31(40)25-14-10-11-15-25/h7-9,12-13,25-29H,5-6,10-11,14-21H2,1-4H3,(H,37,40)/t26?,27?,28-,29?/m0/s1. The maximum absolute atomic E-state index is 13.6. The number of carbonyl (C=O) groups excluding carboxylic acids is 3. The Morgan fingerprint density at radius 2 is 1.59 bits per heavy atom. The molecule has 1 saturated carbocycles. The molecule has 3 fully saturated rings. The zero-order chi connectivity index (χ0) is 31.2. The lowest BCUT2D eigenvalue weighted by molar-refractivity contribution is -0.151. The quantitative estimate of drug-likeness (QED) is 0.357. The molecule has 5 rings (SSSR count). The average Bonchev–Trinajstić information content (AvgIpc) is 3.76. The molecule has 3 unspecified atom stereocenters. The third-order valence-corrected chi connectivity index (χ3v) is 9.46. The molecule has 3 aliphatic rings. The monoisotopic (exact) mass is 605 g/mol. The van der Waals surface area contributed by atoms with Gasteiger partial charge in [0.25, 0.3) is 5.91 Å². The van der Waals surface area contributed by atoms with Crippen LogP contribution >= 0.6 is 0 Å². The van der Waals surface area contributed by atoms with Gasteiger partial charge in [-0.1, -0.05) is 50.1 Å². The van der Waals surface area contributed by atoms with Crippen molar-refractivity contribution >= 4 is 17.8 Å². The van der Waals surface area contributed by atoms with Gasteiger partial charge in [-0.25, -0.2) is 4.79 Å². The van der Waals surface area contributed by atoms with Gasteiger partial charge in [0.05, 0.1) is 29.6 Å². The van der Waals surface area contributed by atoms with E-state index < -0.39 is 12.1 Å². The van der Waals surface area contributed by atoms with E-state index in [1.165, 1.54) is 0 Å². The Bertz CT molecular complexity index is 1280. The summed E-state index contributed by atoms with van der Waals surface area (Å²) in [6.45, 7) is 11.6. The van der Waals surface area contributed by atoms with Gasteiger partial charge in [-0.05, 0) is 63.9 Å². The first-order chi connectivity index (χ1) is 21.3. The van der Waals surface area contributed by atoms with Crippen LogP contribution in [0.25, 0.3) is 0 Å². The molecule has 44 heavy (non-hydrogen) atoms. The van der Waals surface area contributed by atoms with Crippen molar-refractivity contribution in [1.29, 1.82) is 0 Å². The van der Waals surface area contributed by atoms with Crippen molar-refractivity contribution < 1.29 is 23.9 Å². The molecule has 4 atom stereocenters. The van der Waals surface area contributed by atoms with Crippen molar-refractivity contribution in [2.75, 3.05) is 39.3 Å². The van der Waals surface area contributed by atoms with Gasteiger partial charge in [0.1, 0.15) is 0 Å². The fourth-order valence-electron chi connectivity index (χ4n) is 7.10. The SMILES string of the molecule is CCOC(=O)C(CC)Oc1nc(C)c(C(=O)N2CC3CN(CC[C@H](NC(=O)C4CCCC4)c4ccccc4)CC3C2)c(C)n1. The summed E-state index contributed by atoms with van der Waals surface area (Å²) < 4.78 is 10.8. The normalized spacial score (nSPS) is 21.6. The second-order valence-corrected chi connectivity index (χ2v) is 12.6. The van der Waals surface area contributed by atoms with Crippen molar-refractivity contribution in [1.82, 2.24) is 25.1 Å². The van der Waals surface area contributed by atoms with E-state index in [1.807, 2.05) is 30.0 Å². The number of esters is 1. The molecular weight excluding hydrogens is 558 g/mol. The van der Waals surface area contributed by atoms with Gasteiger partial charge in [0.2, 0.25) is 5.91 Å². The summed E-state index contributed by atoms with van der Waals surface area (Å²) in [5.74, 6) is 0.680. The van der Waals surface area contributed by atoms with E-state index in [4.69, 9.17) is 9.47 Å². The van der Waals surface area contributed by atoms with Crippen LogP contribution in [0.4, 0.5) is 0 Å². The number of aromatic nitrogens is 2. The predicted octanol–water partition coefficient (Wildman–Crippen LogP) is 4.26. The number of amides is 2. The topological polar surface area (TPSA) is 114 Å². The Hall–Kier alpha value is -3.53. The number of likely N-dealkylation sites (tertiary alicyclic amines) is 2. The highest BCUT2D eigenvalue weighted by molar-refractivity contribution is 5.96. The Labute approximate surface area is 260 Å². The van der Waals surface area contributed by atoms with Crippen molar-refractivity contribution in [3.63, 3.8) is 0 Å². The van der Waals surface area contributed by atoms with Gasteiger partial charge < -0.3 is 24.6 Å². The van der Waals surface area contributed by atoms with E-state index in [0.29, 0.717) is 48.3 Å². The summed E-state index contributed by atoms with van der Waals surface area (Å²) in [5, 5.41) is 3.37. The Kier molecular flexibility index (Phi) is 10.5. The van der Waals surface area contributed by atoms with Crippen molar-refractivity contribution in [3.05, 3.63) is 52.8 Å². The summed E-state index contributed by atoms with van der Waals surface area (Å²) >= 11 is 0. The number of fused-ring (bicyclic) bond motifs is 1. The summed E-state index contributed by atoms with van der Waals surface area (Å²) in [5.41, 5.74) is 2.75. The van der Waals surface area contributed by atoms with Gasteiger partial charge in [-0.2, -0.15) is 9.97 Å². The fraction of sp³-hybridized carbons (Fsp3) is 0.618. The summed E-state index contributed by atoms with van der Waals surface area (Å²) in [6, 6.07) is 10.4. The van der Waals surface area contributed by atoms with Crippen molar-refractivity contribution in [3.8, 4) is 6.01 Å². The Morgan fingerprint density at radius 1 is 0.955 bits per heavy atom. The molecule has 238 valence electrons. The molecule has 2 aliphatic heterocycles. The van der Waals surface area contributed by atoms with Gasteiger partial charge >= 0.3 is 12.0 Å². The number of rotatable bonds is 12. The third kappa shape index (κ3) is 7.39. The lowest BCUT2D eigenvalue weighted by Crippen LogP contribution is -2.37.